The summed E-state index contributed by atoms with van der Waals surface area (Å²) in [7, 11) is 3.53. The molecule has 206 valence electrons. The van der Waals surface area contributed by atoms with Crippen LogP contribution in [0.3, 0.4) is 0 Å². The number of ether oxygens (including phenoxy) is 3. The van der Waals surface area contributed by atoms with Crippen LogP contribution in [0.4, 0.5) is 0 Å². The van der Waals surface area contributed by atoms with E-state index in [1.807, 2.05) is 80.7 Å². The predicted molar refractivity (Wildman–Crippen MR) is 155 cm³/mol. The van der Waals surface area contributed by atoms with Crippen molar-refractivity contribution in [3.05, 3.63) is 90.0 Å². The zero-order chi connectivity index (χ0) is 27.8. The first kappa shape index (κ1) is 28.2. The van der Waals surface area contributed by atoms with Crippen molar-refractivity contribution in [1.82, 2.24) is 14.7 Å². The van der Waals surface area contributed by atoms with Gasteiger partial charge in [-0.3, -0.25) is 4.90 Å². The molecule has 0 bridgehead atoms. The second kappa shape index (κ2) is 13.3. The Kier molecular flexibility index (Phi) is 9.63. The number of hydrogen-bond acceptors (Lipinski definition) is 6. The highest BCUT2D eigenvalue weighted by molar-refractivity contribution is 5.65. The van der Waals surface area contributed by atoms with Gasteiger partial charge in [-0.1, -0.05) is 68.4 Å². The van der Waals surface area contributed by atoms with Crippen molar-refractivity contribution >= 4 is 0 Å². The predicted octanol–water partition coefficient (Wildman–Crippen LogP) is 6.09. The Labute approximate surface area is 231 Å². The molecule has 0 aliphatic heterocycles. The zero-order valence-electron chi connectivity index (χ0n) is 23.5. The summed E-state index contributed by atoms with van der Waals surface area (Å²) in [6, 6.07) is 25.5. The van der Waals surface area contributed by atoms with Crippen LogP contribution in [-0.4, -0.2) is 52.7 Å². The van der Waals surface area contributed by atoms with E-state index in [4.69, 9.17) is 19.3 Å². The molecule has 0 fully saturated rings. The van der Waals surface area contributed by atoms with Gasteiger partial charge in [0.15, 0.2) is 0 Å². The lowest BCUT2D eigenvalue weighted by Crippen LogP contribution is -2.37. The van der Waals surface area contributed by atoms with Crippen LogP contribution in [0.2, 0.25) is 0 Å². The van der Waals surface area contributed by atoms with Crippen LogP contribution in [0, 0.1) is 12.8 Å². The van der Waals surface area contributed by atoms with E-state index in [0.717, 1.165) is 40.4 Å². The minimum atomic E-state index is -0.664. The fraction of sp³-hybridized carbons (Fsp3) is 0.344. The third-order valence-corrected chi connectivity index (χ3v) is 6.39. The number of methoxy groups -OCH3 is 1. The second-order valence-electron chi connectivity index (χ2n) is 10.2. The summed E-state index contributed by atoms with van der Waals surface area (Å²) >= 11 is 0. The molecule has 0 amide bonds. The van der Waals surface area contributed by atoms with E-state index in [1.54, 1.807) is 11.8 Å². The SMILES string of the molecule is COc1cccc(Oc2c(CN(CC(C)C)C[C@H](O)COc3ccccc3C)c(-c3ccccc3)nn2C)c1. The average molecular weight is 530 g/mol. The number of aromatic nitrogens is 2. The first-order valence-corrected chi connectivity index (χ1v) is 13.4. The third-order valence-electron chi connectivity index (χ3n) is 6.39. The minimum absolute atomic E-state index is 0.213. The number of aliphatic hydroxyl groups is 1. The summed E-state index contributed by atoms with van der Waals surface area (Å²) in [6.07, 6.45) is -0.664. The summed E-state index contributed by atoms with van der Waals surface area (Å²) in [5.74, 6) is 3.23. The van der Waals surface area contributed by atoms with E-state index >= 15 is 0 Å². The van der Waals surface area contributed by atoms with Gasteiger partial charge in [-0.05, 0) is 36.6 Å². The van der Waals surface area contributed by atoms with Crippen molar-refractivity contribution < 1.29 is 19.3 Å². The smallest absolute Gasteiger partial charge is 0.222 e. The Morgan fingerprint density at radius 2 is 1.64 bits per heavy atom. The molecule has 39 heavy (non-hydrogen) atoms. The molecule has 4 aromatic rings. The Bertz CT molecular complexity index is 1340. The van der Waals surface area contributed by atoms with Crippen LogP contribution in [0.25, 0.3) is 11.3 Å². The van der Waals surface area contributed by atoms with Crippen molar-refractivity contribution in [2.24, 2.45) is 13.0 Å². The fourth-order valence-corrected chi connectivity index (χ4v) is 4.63. The van der Waals surface area contributed by atoms with Crippen molar-refractivity contribution in [2.45, 2.75) is 33.4 Å². The number of benzene rings is 3. The molecule has 0 saturated carbocycles. The summed E-state index contributed by atoms with van der Waals surface area (Å²) in [6.45, 7) is 8.37. The lowest BCUT2D eigenvalue weighted by Gasteiger charge is -2.27. The monoisotopic (exact) mass is 529 g/mol. The van der Waals surface area contributed by atoms with Gasteiger partial charge in [-0.2, -0.15) is 5.10 Å². The van der Waals surface area contributed by atoms with Gasteiger partial charge >= 0.3 is 0 Å². The molecule has 0 radical (unpaired) electrons. The van der Waals surface area contributed by atoms with E-state index in [-0.39, 0.29) is 6.61 Å². The molecule has 1 aromatic heterocycles. The van der Waals surface area contributed by atoms with Gasteiger partial charge in [0.1, 0.15) is 35.7 Å². The molecule has 0 unspecified atom stereocenters. The zero-order valence-corrected chi connectivity index (χ0v) is 23.5. The van der Waals surface area contributed by atoms with Gasteiger partial charge in [0, 0.05) is 38.3 Å². The van der Waals surface area contributed by atoms with E-state index in [9.17, 15) is 5.11 Å². The fourth-order valence-electron chi connectivity index (χ4n) is 4.63. The lowest BCUT2D eigenvalue weighted by molar-refractivity contribution is 0.0611. The number of hydrogen-bond donors (Lipinski definition) is 1. The Hall–Kier alpha value is -3.81. The van der Waals surface area contributed by atoms with E-state index in [0.29, 0.717) is 30.6 Å². The molecule has 0 aliphatic rings. The maximum Gasteiger partial charge on any atom is 0.222 e. The first-order valence-electron chi connectivity index (χ1n) is 13.4. The van der Waals surface area contributed by atoms with Gasteiger partial charge < -0.3 is 19.3 Å². The molecule has 0 spiro atoms. The standard InChI is InChI=1S/C32H39N3O4/c1-23(2)19-35(20-26(36)22-38-30-17-10-9-12-24(30)3)21-29-31(25-13-7-6-8-14-25)33-34(4)32(29)39-28-16-11-15-27(18-28)37-5/h6-18,23,26,36H,19-22H2,1-5H3/t26-/m0/s1. The number of aliphatic hydroxyl groups excluding tert-OH is 1. The number of aryl methyl sites for hydroxylation is 2. The van der Waals surface area contributed by atoms with E-state index in [2.05, 4.69) is 30.9 Å². The van der Waals surface area contributed by atoms with Gasteiger partial charge in [0.05, 0.1) is 12.7 Å². The van der Waals surface area contributed by atoms with Crippen molar-refractivity contribution in [3.63, 3.8) is 0 Å². The Morgan fingerprint density at radius 3 is 2.36 bits per heavy atom. The molecule has 0 aliphatic carbocycles. The van der Waals surface area contributed by atoms with Gasteiger partial charge in [-0.25, -0.2) is 4.68 Å². The number of para-hydroxylation sites is 1. The maximum absolute atomic E-state index is 11.0. The highest BCUT2D eigenvalue weighted by atomic mass is 16.5. The number of rotatable bonds is 13. The second-order valence-corrected chi connectivity index (χ2v) is 10.2. The highest BCUT2D eigenvalue weighted by Gasteiger charge is 2.24. The average Bonchev–Trinajstić information content (AvgIpc) is 3.22. The van der Waals surface area contributed by atoms with Crippen LogP contribution >= 0.6 is 0 Å². The van der Waals surface area contributed by atoms with Crippen LogP contribution in [-0.2, 0) is 13.6 Å². The first-order chi connectivity index (χ1) is 18.8. The van der Waals surface area contributed by atoms with Crippen LogP contribution in [0.15, 0.2) is 78.9 Å². The highest BCUT2D eigenvalue weighted by Crippen LogP contribution is 2.35. The van der Waals surface area contributed by atoms with Gasteiger partial charge in [0.25, 0.3) is 0 Å². The lowest BCUT2D eigenvalue weighted by atomic mass is 10.1. The van der Waals surface area contributed by atoms with Gasteiger partial charge in [0.2, 0.25) is 5.88 Å². The normalized spacial score (nSPS) is 12.1. The Balaban J connectivity index is 1.61. The molecular formula is C32H39N3O4. The van der Waals surface area contributed by atoms with Gasteiger partial charge in [-0.15, -0.1) is 0 Å². The van der Waals surface area contributed by atoms with Crippen LogP contribution in [0.5, 0.6) is 23.1 Å². The summed E-state index contributed by atoms with van der Waals surface area (Å²) in [4.78, 5) is 2.25. The van der Waals surface area contributed by atoms with E-state index in [1.165, 1.54) is 0 Å². The summed E-state index contributed by atoms with van der Waals surface area (Å²) in [5.41, 5.74) is 3.87. The minimum Gasteiger partial charge on any atom is -0.497 e. The van der Waals surface area contributed by atoms with Crippen LogP contribution in [0.1, 0.15) is 25.0 Å². The number of nitrogens with zero attached hydrogens (tertiary/aromatic N) is 3. The van der Waals surface area contributed by atoms with Crippen molar-refractivity contribution in [3.8, 4) is 34.4 Å². The molecule has 1 atom stereocenters. The maximum atomic E-state index is 11.0. The Morgan fingerprint density at radius 1 is 0.923 bits per heavy atom. The molecule has 7 heteroatoms. The molecule has 0 saturated heterocycles. The largest absolute Gasteiger partial charge is 0.497 e. The van der Waals surface area contributed by atoms with Crippen LogP contribution < -0.4 is 14.2 Å². The van der Waals surface area contributed by atoms with Crippen molar-refractivity contribution in [2.75, 3.05) is 26.8 Å². The molecule has 7 nitrogen and oxygen atoms in total. The van der Waals surface area contributed by atoms with E-state index < -0.39 is 6.10 Å². The summed E-state index contributed by atoms with van der Waals surface area (Å²) in [5, 5.41) is 15.8. The quantitative estimate of drug-likeness (QED) is 0.226. The molecule has 1 N–H and O–H groups in total. The molecule has 4 rings (SSSR count). The summed E-state index contributed by atoms with van der Waals surface area (Å²) < 4.78 is 19.5. The molecule has 1 heterocycles. The topological polar surface area (TPSA) is 69.0 Å². The molecule has 3 aromatic carbocycles. The van der Waals surface area contributed by atoms with Crippen molar-refractivity contribution in [1.29, 1.82) is 0 Å². The molecular weight excluding hydrogens is 490 g/mol. The third kappa shape index (κ3) is 7.62.